The zero-order valence-corrected chi connectivity index (χ0v) is 11.2. The molecule has 0 spiro atoms. The second-order valence-corrected chi connectivity index (χ2v) is 5.20. The van der Waals surface area contributed by atoms with Crippen molar-refractivity contribution in [2.45, 2.75) is 38.8 Å². The first-order valence-corrected chi connectivity index (χ1v) is 6.54. The Labute approximate surface area is 114 Å². The van der Waals surface area contributed by atoms with Crippen molar-refractivity contribution < 1.29 is 13.2 Å². The fraction of sp³-hybridized carbons (Fsp3) is 0.538. The molecule has 0 aromatic carbocycles. The minimum Gasteiger partial charge on any atom is -0.349 e. The Kier molecular flexibility index (Phi) is 3.68. The van der Waals surface area contributed by atoms with Gasteiger partial charge in [-0.2, -0.15) is 18.4 Å². The lowest BCUT2D eigenvalue weighted by Crippen LogP contribution is -2.22. The van der Waals surface area contributed by atoms with Gasteiger partial charge in [0.25, 0.3) is 0 Å². The number of alkyl halides is 3. The molecular weight excluding hydrogens is 273 g/mol. The van der Waals surface area contributed by atoms with Gasteiger partial charge < -0.3 is 4.98 Å². The molecule has 6 heteroatoms. The summed E-state index contributed by atoms with van der Waals surface area (Å²) in [6.07, 6.45) is -1.91. The van der Waals surface area contributed by atoms with E-state index in [0.717, 1.165) is 12.8 Å². The summed E-state index contributed by atoms with van der Waals surface area (Å²) in [6.45, 7) is 1.97. The van der Waals surface area contributed by atoms with E-state index in [1.54, 1.807) is 6.07 Å². The van der Waals surface area contributed by atoms with Gasteiger partial charge in [0.15, 0.2) is 0 Å². The zero-order chi connectivity index (χ0) is 14.2. The fourth-order valence-electron chi connectivity index (χ4n) is 2.64. The highest BCUT2D eigenvalue weighted by molar-refractivity contribution is 7.71. The maximum absolute atomic E-state index is 13.2. The highest BCUT2D eigenvalue weighted by Gasteiger charge is 2.39. The molecule has 0 fully saturated rings. The molecule has 0 aliphatic heterocycles. The molecule has 1 aromatic rings. The fourth-order valence-corrected chi connectivity index (χ4v) is 2.91. The van der Waals surface area contributed by atoms with Crippen LogP contribution in [0.15, 0.2) is 0 Å². The molecule has 1 heterocycles. The maximum Gasteiger partial charge on any atom is 0.418 e. The third kappa shape index (κ3) is 2.52. The van der Waals surface area contributed by atoms with Crippen LogP contribution in [-0.4, -0.2) is 4.98 Å². The van der Waals surface area contributed by atoms with E-state index in [9.17, 15) is 13.2 Å². The normalized spacial score (nSPS) is 18.8. The Hall–Kier alpha value is -1.35. The lowest BCUT2D eigenvalue weighted by Gasteiger charge is -2.27. The average molecular weight is 286 g/mol. The van der Waals surface area contributed by atoms with Crippen molar-refractivity contribution in [3.8, 4) is 6.07 Å². The lowest BCUT2D eigenvalue weighted by atomic mass is 9.82. The Balaban J connectivity index is 2.72. The largest absolute Gasteiger partial charge is 0.418 e. The van der Waals surface area contributed by atoms with Gasteiger partial charge in [0.05, 0.1) is 11.1 Å². The van der Waals surface area contributed by atoms with Crippen molar-refractivity contribution >= 4 is 12.2 Å². The molecule has 0 radical (unpaired) electrons. The van der Waals surface area contributed by atoms with Crippen molar-refractivity contribution in [1.82, 2.24) is 4.98 Å². The van der Waals surface area contributed by atoms with Gasteiger partial charge in [0, 0.05) is 5.69 Å². The summed E-state index contributed by atoms with van der Waals surface area (Å²) in [4.78, 5) is 2.80. The van der Waals surface area contributed by atoms with Crippen LogP contribution in [-0.2, 0) is 19.0 Å². The monoisotopic (exact) mass is 286 g/mol. The SMILES string of the molecule is CCC1CCc2[nH]c(=S)c(C#N)c(C(F)(F)F)c2C1. The van der Waals surface area contributed by atoms with Gasteiger partial charge in [0.1, 0.15) is 10.7 Å². The number of nitrogens with zero attached hydrogens (tertiary/aromatic N) is 1. The number of hydrogen-bond donors (Lipinski definition) is 1. The summed E-state index contributed by atoms with van der Waals surface area (Å²) in [5.74, 6) is 0.240. The Morgan fingerprint density at radius 1 is 1.47 bits per heavy atom. The van der Waals surface area contributed by atoms with E-state index in [1.165, 1.54) is 0 Å². The van der Waals surface area contributed by atoms with Gasteiger partial charge in [-0.3, -0.25) is 0 Å². The number of rotatable bonds is 1. The van der Waals surface area contributed by atoms with Crippen molar-refractivity contribution in [2.24, 2.45) is 5.92 Å². The van der Waals surface area contributed by atoms with E-state index in [2.05, 4.69) is 4.98 Å². The van der Waals surface area contributed by atoms with Gasteiger partial charge in [0.2, 0.25) is 0 Å². The van der Waals surface area contributed by atoms with E-state index in [0.29, 0.717) is 18.5 Å². The number of aromatic nitrogens is 1. The number of hydrogen-bond acceptors (Lipinski definition) is 2. The van der Waals surface area contributed by atoms with Crippen LogP contribution in [0.3, 0.4) is 0 Å². The van der Waals surface area contributed by atoms with E-state index < -0.39 is 17.3 Å². The maximum atomic E-state index is 13.2. The Morgan fingerprint density at radius 3 is 2.68 bits per heavy atom. The van der Waals surface area contributed by atoms with Crippen molar-refractivity contribution in [2.75, 3.05) is 0 Å². The summed E-state index contributed by atoms with van der Waals surface area (Å²) in [7, 11) is 0. The van der Waals surface area contributed by atoms with Crippen LogP contribution < -0.4 is 0 Å². The highest BCUT2D eigenvalue weighted by Crippen LogP contribution is 2.39. The molecule has 1 unspecified atom stereocenters. The average Bonchev–Trinajstić information content (AvgIpc) is 2.35. The minimum atomic E-state index is -4.53. The van der Waals surface area contributed by atoms with Gasteiger partial charge in [-0.15, -0.1) is 0 Å². The van der Waals surface area contributed by atoms with Gasteiger partial charge in [-0.1, -0.05) is 25.6 Å². The first-order chi connectivity index (χ1) is 8.88. The molecule has 19 heavy (non-hydrogen) atoms. The predicted octanol–water partition coefficient (Wildman–Crippen LogP) is 4.15. The third-order valence-electron chi connectivity index (χ3n) is 3.68. The van der Waals surface area contributed by atoms with E-state index >= 15 is 0 Å². The molecule has 1 aliphatic rings. The highest BCUT2D eigenvalue weighted by atomic mass is 32.1. The number of aryl methyl sites for hydroxylation is 1. The number of nitrogens with one attached hydrogen (secondary N) is 1. The first kappa shape index (κ1) is 14.1. The number of halogens is 3. The number of nitriles is 1. The number of H-pyrrole nitrogens is 1. The summed E-state index contributed by atoms with van der Waals surface area (Å²) in [5, 5.41) is 8.95. The van der Waals surface area contributed by atoms with Crippen LogP contribution in [0.1, 0.15) is 42.1 Å². The van der Waals surface area contributed by atoms with Gasteiger partial charge in [-0.05, 0) is 30.7 Å². The molecule has 1 N–H and O–H groups in total. The number of aromatic amines is 1. The summed E-state index contributed by atoms with van der Waals surface area (Å²) in [6, 6.07) is 1.60. The van der Waals surface area contributed by atoms with Crippen molar-refractivity contribution in [3.63, 3.8) is 0 Å². The molecule has 1 atom stereocenters. The second-order valence-electron chi connectivity index (χ2n) is 4.79. The minimum absolute atomic E-state index is 0.108. The summed E-state index contributed by atoms with van der Waals surface area (Å²) in [5.41, 5.74) is -0.498. The number of fused-ring (bicyclic) bond motifs is 1. The predicted molar refractivity (Wildman–Crippen MR) is 67.1 cm³/mol. The molecule has 0 saturated heterocycles. The molecule has 0 saturated carbocycles. The third-order valence-corrected chi connectivity index (χ3v) is 3.98. The van der Waals surface area contributed by atoms with E-state index in [-0.39, 0.29) is 16.1 Å². The van der Waals surface area contributed by atoms with Crippen LogP contribution in [0.25, 0.3) is 0 Å². The molecule has 102 valence electrons. The van der Waals surface area contributed by atoms with Crippen LogP contribution in [0, 0.1) is 21.9 Å². The lowest BCUT2D eigenvalue weighted by molar-refractivity contribution is -0.138. The molecular formula is C13H13F3N2S. The summed E-state index contributed by atoms with van der Waals surface area (Å²) >= 11 is 4.87. The van der Waals surface area contributed by atoms with Crippen molar-refractivity contribution in [3.05, 3.63) is 27.0 Å². The first-order valence-electron chi connectivity index (χ1n) is 6.13. The summed E-state index contributed by atoms with van der Waals surface area (Å²) < 4.78 is 39.6. The molecule has 0 bridgehead atoms. The number of pyridine rings is 1. The quantitative estimate of drug-likeness (QED) is 0.788. The zero-order valence-electron chi connectivity index (χ0n) is 10.4. The van der Waals surface area contributed by atoms with E-state index in [1.807, 2.05) is 6.92 Å². The topological polar surface area (TPSA) is 39.6 Å². The van der Waals surface area contributed by atoms with Crippen molar-refractivity contribution in [1.29, 1.82) is 5.26 Å². The van der Waals surface area contributed by atoms with Crippen LogP contribution >= 0.6 is 12.2 Å². The molecule has 0 amide bonds. The van der Waals surface area contributed by atoms with Crippen LogP contribution in [0.4, 0.5) is 13.2 Å². The van der Waals surface area contributed by atoms with Gasteiger partial charge in [-0.25, -0.2) is 0 Å². The second kappa shape index (κ2) is 4.97. The smallest absolute Gasteiger partial charge is 0.349 e. The molecule has 2 nitrogen and oxygen atoms in total. The van der Waals surface area contributed by atoms with Gasteiger partial charge >= 0.3 is 6.18 Å². The van der Waals surface area contributed by atoms with Crippen LogP contribution in [0.5, 0.6) is 0 Å². The molecule has 1 aromatic heterocycles. The Bertz CT molecular complexity index is 596. The standard InChI is InChI=1S/C13H13F3N2S/c1-2-7-3-4-10-8(5-7)11(13(14,15)16)9(6-17)12(19)18-10/h7H,2-5H2,1H3,(H,18,19). The van der Waals surface area contributed by atoms with Crippen LogP contribution in [0.2, 0.25) is 0 Å². The molecule has 2 rings (SSSR count). The van der Waals surface area contributed by atoms with E-state index in [4.69, 9.17) is 17.5 Å². The Morgan fingerprint density at radius 2 is 2.16 bits per heavy atom. The molecule has 1 aliphatic carbocycles.